The molecule has 0 aliphatic carbocycles. The van der Waals surface area contributed by atoms with Crippen molar-refractivity contribution in [3.8, 4) is 0 Å². The van der Waals surface area contributed by atoms with Gasteiger partial charge in [0.25, 0.3) is 11.8 Å². The number of β-lactam (4-membered cyclic amide) rings is 1. The van der Waals surface area contributed by atoms with Crippen molar-refractivity contribution in [3.05, 3.63) is 128 Å². The smallest absolute Gasteiger partial charge is 0.353 e. The molecule has 1 unspecified atom stereocenters. The van der Waals surface area contributed by atoms with Gasteiger partial charge in [0.05, 0.1) is 6.04 Å². The number of carboxylic acid groups (broad SMARTS) is 1. The van der Waals surface area contributed by atoms with E-state index in [1.54, 1.807) is 0 Å². The Morgan fingerprint density at radius 2 is 1.51 bits per heavy atom. The number of carbonyl (C=O) groups excluding carboxylic acids is 2. The number of oxime groups is 1. The number of thiazole rings is 1. The molecular formula is C32H25Cl2N5O5S. The highest BCUT2D eigenvalue weighted by atomic mass is 35.5. The number of rotatable bonds is 9. The van der Waals surface area contributed by atoms with Gasteiger partial charge in [-0.15, -0.1) is 0 Å². The molecule has 2 aliphatic rings. The Bertz CT molecular complexity index is 1740. The van der Waals surface area contributed by atoms with Crippen LogP contribution >= 0.6 is 34.5 Å². The summed E-state index contributed by atoms with van der Waals surface area (Å²) in [6.45, 7) is 0. The highest BCUT2D eigenvalue weighted by molar-refractivity contribution is 7.19. The number of halogens is 2. The van der Waals surface area contributed by atoms with Gasteiger partial charge in [-0.3, -0.25) is 14.5 Å². The van der Waals surface area contributed by atoms with Crippen LogP contribution in [0.4, 0.5) is 5.13 Å². The Labute approximate surface area is 271 Å². The summed E-state index contributed by atoms with van der Waals surface area (Å²) in [6.07, 6.45) is 0.606. The second kappa shape index (κ2) is 12.4. The molecule has 4 aromatic rings. The molecule has 1 aromatic heterocycles. The molecule has 3 aromatic carbocycles. The first-order chi connectivity index (χ1) is 21.7. The molecule has 0 saturated carbocycles. The highest BCUT2D eigenvalue weighted by Gasteiger charge is 2.53. The van der Waals surface area contributed by atoms with Crippen LogP contribution in [0, 0.1) is 0 Å². The van der Waals surface area contributed by atoms with E-state index in [2.05, 4.69) is 15.5 Å². The molecule has 0 bridgehead atoms. The number of aliphatic carboxylic acids is 1. The Morgan fingerprint density at radius 1 is 0.978 bits per heavy atom. The molecule has 1 saturated heterocycles. The maximum absolute atomic E-state index is 14.0. The van der Waals surface area contributed by atoms with Crippen LogP contribution in [-0.4, -0.2) is 50.6 Å². The van der Waals surface area contributed by atoms with Crippen molar-refractivity contribution in [1.82, 2.24) is 15.2 Å². The lowest BCUT2D eigenvalue weighted by Crippen LogP contribution is -2.72. The van der Waals surface area contributed by atoms with E-state index < -0.39 is 35.5 Å². The summed E-state index contributed by atoms with van der Waals surface area (Å²) in [4.78, 5) is 50.7. The average Bonchev–Trinajstić information content (AvgIpc) is 3.39. The van der Waals surface area contributed by atoms with E-state index in [9.17, 15) is 19.5 Å². The van der Waals surface area contributed by atoms with E-state index in [-0.39, 0.29) is 38.0 Å². The van der Waals surface area contributed by atoms with E-state index in [1.807, 2.05) is 91.0 Å². The van der Waals surface area contributed by atoms with Crippen LogP contribution in [0.3, 0.4) is 0 Å². The molecule has 2 amide bonds. The summed E-state index contributed by atoms with van der Waals surface area (Å²) in [5.74, 6) is -2.73. The van der Waals surface area contributed by atoms with Gasteiger partial charge in [-0.2, -0.15) is 0 Å². The Morgan fingerprint density at radius 3 is 1.98 bits per heavy atom. The largest absolute Gasteiger partial charge is 0.477 e. The number of amides is 2. The van der Waals surface area contributed by atoms with Crippen LogP contribution in [0.1, 0.15) is 35.2 Å². The third-order valence-electron chi connectivity index (χ3n) is 7.72. The number of nitrogens with two attached hydrogens (primary N) is 1. The van der Waals surface area contributed by atoms with Crippen molar-refractivity contribution in [2.24, 2.45) is 5.16 Å². The van der Waals surface area contributed by atoms with Gasteiger partial charge in [0, 0.05) is 21.7 Å². The van der Waals surface area contributed by atoms with E-state index in [1.165, 1.54) is 0 Å². The monoisotopic (exact) mass is 661 g/mol. The van der Waals surface area contributed by atoms with Crippen molar-refractivity contribution in [2.75, 3.05) is 5.73 Å². The second-order valence-corrected chi connectivity index (χ2v) is 12.4. The fourth-order valence-corrected chi connectivity index (χ4v) is 6.88. The number of nitrogens with one attached hydrogen (secondary N) is 1. The predicted molar refractivity (Wildman–Crippen MR) is 171 cm³/mol. The van der Waals surface area contributed by atoms with Crippen molar-refractivity contribution < 1.29 is 24.3 Å². The molecule has 0 radical (unpaired) electrons. The molecule has 0 spiro atoms. The average molecular weight is 663 g/mol. The van der Waals surface area contributed by atoms with Gasteiger partial charge in [0.15, 0.2) is 10.8 Å². The fraction of sp³-hybridized carbons (Fsp3) is 0.156. The van der Waals surface area contributed by atoms with Crippen molar-refractivity contribution >= 4 is 63.2 Å². The topological polar surface area (TPSA) is 147 Å². The predicted octanol–water partition coefficient (Wildman–Crippen LogP) is 5.12. The maximum Gasteiger partial charge on any atom is 0.353 e. The Hall–Kier alpha value is -4.71. The number of fused-ring (bicyclic) bond motifs is 1. The van der Waals surface area contributed by atoms with Crippen LogP contribution in [0.5, 0.6) is 0 Å². The quantitative estimate of drug-likeness (QED) is 0.0977. The number of hydrogen-bond donors (Lipinski definition) is 3. The molecular weight excluding hydrogens is 637 g/mol. The van der Waals surface area contributed by atoms with E-state index in [4.69, 9.17) is 33.8 Å². The minimum absolute atomic E-state index is 0.0267. The lowest BCUT2D eigenvalue weighted by atomic mass is 9.80. The molecule has 3 heterocycles. The van der Waals surface area contributed by atoms with Gasteiger partial charge in [0.2, 0.25) is 5.60 Å². The third-order valence-corrected chi connectivity index (χ3v) is 9.17. The Kier molecular flexibility index (Phi) is 8.32. The van der Waals surface area contributed by atoms with Crippen LogP contribution in [0.2, 0.25) is 4.34 Å². The van der Waals surface area contributed by atoms with E-state index >= 15 is 0 Å². The molecule has 6 rings (SSSR count). The number of allylic oxidation sites excluding steroid dienone is 1. The van der Waals surface area contributed by atoms with Gasteiger partial charge in [-0.1, -0.05) is 131 Å². The van der Waals surface area contributed by atoms with Gasteiger partial charge in [-0.25, -0.2) is 9.78 Å². The highest BCUT2D eigenvalue weighted by Crippen LogP contribution is 2.41. The molecule has 2 atom stereocenters. The van der Waals surface area contributed by atoms with Gasteiger partial charge in [0.1, 0.15) is 21.8 Å². The normalized spacial score (nSPS) is 18.2. The van der Waals surface area contributed by atoms with Crippen LogP contribution in [0.15, 0.2) is 107 Å². The molecule has 228 valence electrons. The number of nitrogen functional groups attached to an aromatic ring is 1. The Balaban J connectivity index is 1.43. The summed E-state index contributed by atoms with van der Waals surface area (Å²) in [7, 11) is 0. The minimum atomic E-state index is -1.33. The number of nitrogens with zero attached hydrogens (tertiary/aromatic N) is 3. The third kappa shape index (κ3) is 5.43. The molecule has 1 fully saturated rings. The number of hydrogen-bond acceptors (Lipinski definition) is 8. The summed E-state index contributed by atoms with van der Waals surface area (Å²) in [5.41, 5.74) is 6.18. The summed E-state index contributed by atoms with van der Waals surface area (Å²) >= 11 is 13.6. The zero-order chi connectivity index (χ0) is 31.7. The van der Waals surface area contributed by atoms with E-state index in [0.717, 1.165) is 32.9 Å². The van der Waals surface area contributed by atoms with Crippen molar-refractivity contribution in [1.29, 1.82) is 0 Å². The molecule has 2 aliphatic heterocycles. The van der Waals surface area contributed by atoms with Crippen molar-refractivity contribution in [2.45, 2.75) is 30.5 Å². The van der Waals surface area contributed by atoms with Crippen molar-refractivity contribution in [3.63, 3.8) is 0 Å². The first kappa shape index (κ1) is 30.3. The summed E-state index contributed by atoms with van der Waals surface area (Å²) in [5, 5.41) is 16.9. The first-order valence-corrected chi connectivity index (χ1v) is 15.4. The fourth-order valence-electron chi connectivity index (χ4n) is 5.67. The van der Waals surface area contributed by atoms with Gasteiger partial charge < -0.3 is 21.0 Å². The van der Waals surface area contributed by atoms with Crippen LogP contribution in [-0.2, 0) is 24.8 Å². The molecule has 10 nitrogen and oxygen atoms in total. The molecule has 4 N–H and O–H groups in total. The number of carbonyl (C=O) groups is 3. The number of aromatic nitrogens is 1. The minimum Gasteiger partial charge on any atom is -0.477 e. The SMILES string of the molecule is Nc1nc(C(=NOC(c2ccccc2)(c2ccccc2)c2ccccc2)C(=O)N[C@H]2C(=O)N3C(C(=O)O)=C(Cl)CCC23)c(Cl)s1. The number of anilines is 1. The van der Waals surface area contributed by atoms with E-state index in [0.29, 0.717) is 6.42 Å². The number of carboxylic acids is 1. The summed E-state index contributed by atoms with van der Waals surface area (Å²) in [6, 6.07) is 26.6. The second-order valence-electron chi connectivity index (χ2n) is 10.3. The standard InChI is InChI=1S/C32H25Cl2N5O5S/c33-21-16-17-22-23(29(41)39(22)26(21)30(42)43)36-28(40)25(24-27(34)45-31(35)37-24)38-44-32(18-10-4-1-5-11-18,19-12-6-2-7-13-19)20-14-8-3-9-15-20/h1-15,22-23H,16-17H2,(H2,35,37)(H,36,40)(H,42,43)/t22?,23-/m1/s1. The van der Waals surface area contributed by atoms with Gasteiger partial charge in [-0.05, 0) is 12.8 Å². The lowest BCUT2D eigenvalue weighted by Gasteiger charge is -2.49. The number of benzene rings is 3. The zero-order valence-electron chi connectivity index (χ0n) is 23.4. The maximum atomic E-state index is 14.0. The van der Waals surface area contributed by atoms with Crippen LogP contribution in [0.25, 0.3) is 0 Å². The first-order valence-electron chi connectivity index (χ1n) is 13.8. The summed E-state index contributed by atoms with van der Waals surface area (Å²) < 4.78 is 0.0943. The van der Waals surface area contributed by atoms with Gasteiger partial charge >= 0.3 is 5.97 Å². The molecule has 13 heteroatoms. The lowest BCUT2D eigenvalue weighted by molar-refractivity contribution is -0.155. The molecule has 45 heavy (non-hydrogen) atoms. The zero-order valence-corrected chi connectivity index (χ0v) is 25.7. The van der Waals surface area contributed by atoms with Crippen LogP contribution < -0.4 is 11.1 Å².